The maximum absolute atomic E-state index is 13.9. The average Bonchev–Trinajstić information content (AvgIpc) is 2.72. The fourth-order valence-corrected chi connectivity index (χ4v) is 2.32. The Hall–Kier alpha value is -1.98. The summed E-state index contributed by atoms with van der Waals surface area (Å²) in [4.78, 5) is 23.2. The van der Waals surface area contributed by atoms with Crippen molar-refractivity contribution in [3.05, 3.63) is 39.7 Å². The monoisotopic (exact) mass is 266 g/mol. The van der Waals surface area contributed by atoms with E-state index >= 15 is 0 Å². The van der Waals surface area contributed by atoms with Crippen LogP contribution in [0.5, 0.6) is 0 Å². The predicted molar refractivity (Wildman–Crippen MR) is 66.9 cm³/mol. The van der Waals surface area contributed by atoms with Crippen LogP contribution in [0.25, 0.3) is 0 Å². The van der Waals surface area contributed by atoms with Gasteiger partial charge < -0.3 is 4.90 Å². The second-order valence-corrected chi connectivity index (χ2v) is 4.76. The van der Waals surface area contributed by atoms with Crippen LogP contribution in [0.4, 0.5) is 10.1 Å². The normalized spacial score (nSPS) is 18.9. The molecule has 0 aromatic heterocycles. The number of rotatable bonds is 4. The van der Waals surface area contributed by atoms with Crippen LogP contribution in [0.3, 0.4) is 0 Å². The number of nitro groups is 1. The number of likely N-dealkylation sites (tertiary alicyclic amines) is 1. The number of nitro benzene ring substituents is 1. The third-order valence-electron chi connectivity index (χ3n) is 3.49. The summed E-state index contributed by atoms with van der Waals surface area (Å²) in [5.74, 6) is -0.563. The average molecular weight is 266 g/mol. The quantitative estimate of drug-likeness (QED) is 0.621. The van der Waals surface area contributed by atoms with Crippen molar-refractivity contribution in [1.82, 2.24) is 4.90 Å². The Bertz CT molecular complexity index is 519. The van der Waals surface area contributed by atoms with Gasteiger partial charge in [0.2, 0.25) is 11.7 Å². The number of carbonyl (C=O) groups is 1. The summed E-state index contributed by atoms with van der Waals surface area (Å²) in [5, 5.41) is 10.7. The largest absolute Gasteiger partial charge is 0.338 e. The first-order chi connectivity index (χ1) is 9.02. The maximum Gasteiger partial charge on any atom is 0.305 e. The molecule has 1 aromatic carbocycles. The van der Waals surface area contributed by atoms with Gasteiger partial charge in [0.05, 0.1) is 4.92 Å². The highest BCUT2D eigenvalue weighted by molar-refractivity contribution is 5.78. The minimum absolute atomic E-state index is 0.0160. The number of halogens is 1. The first-order valence-electron chi connectivity index (χ1n) is 6.22. The van der Waals surface area contributed by atoms with Gasteiger partial charge in [0.1, 0.15) is 0 Å². The molecule has 0 saturated carbocycles. The minimum Gasteiger partial charge on any atom is -0.338 e. The number of benzene rings is 1. The van der Waals surface area contributed by atoms with Crippen molar-refractivity contribution in [2.45, 2.75) is 26.3 Å². The maximum atomic E-state index is 13.9. The SMILES string of the molecule is CCC1CC(=O)N(Cc2cccc([N+](=O)[O-])c2F)C1. The van der Waals surface area contributed by atoms with Gasteiger partial charge >= 0.3 is 5.69 Å². The lowest BCUT2D eigenvalue weighted by molar-refractivity contribution is -0.387. The zero-order chi connectivity index (χ0) is 14.0. The van der Waals surface area contributed by atoms with E-state index < -0.39 is 16.4 Å². The lowest BCUT2D eigenvalue weighted by Crippen LogP contribution is -2.25. The van der Waals surface area contributed by atoms with Gasteiger partial charge in [0.15, 0.2) is 0 Å². The molecule has 6 heteroatoms. The fourth-order valence-electron chi connectivity index (χ4n) is 2.32. The number of amides is 1. The van der Waals surface area contributed by atoms with Crippen LogP contribution in [0.2, 0.25) is 0 Å². The van der Waals surface area contributed by atoms with Gasteiger partial charge in [-0.25, -0.2) is 0 Å². The molecular formula is C13H15FN2O3. The first-order valence-corrected chi connectivity index (χ1v) is 6.22. The van der Waals surface area contributed by atoms with Crippen LogP contribution in [-0.2, 0) is 11.3 Å². The molecule has 1 atom stereocenters. The molecule has 1 heterocycles. The molecule has 1 fully saturated rings. The molecule has 5 nitrogen and oxygen atoms in total. The molecule has 1 aliphatic heterocycles. The molecule has 1 saturated heterocycles. The van der Waals surface area contributed by atoms with E-state index in [0.717, 1.165) is 12.5 Å². The Morgan fingerprint density at radius 1 is 1.53 bits per heavy atom. The lowest BCUT2D eigenvalue weighted by atomic mass is 10.1. The van der Waals surface area contributed by atoms with Crippen molar-refractivity contribution < 1.29 is 14.1 Å². The summed E-state index contributed by atoms with van der Waals surface area (Å²) < 4.78 is 13.9. The van der Waals surface area contributed by atoms with E-state index in [9.17, 15) is 19.3 Å². The summed E-state index contributed by atoms with van der Waals surface area (Å²) in [6.07, 6.45) is 1.38. The Kier molecular flexibility index (Phi) is 3.78. The van der Waals surface area contributed by atoms with Gasteiger partial charge in [-0.2, -0.15) is 4.39 Å². The van der Waals surface area contributed by atoms with E-state index in [1.807, 2.05) is 6.92 Å². The molecule has 1 aromatic rings. The Labute approximate surface area is 110 Å². The van der Waals surface area contributed by atoms with E-state index in [0.29, 0.717) is 18.9 Å². The second-order valence-electron chi connectivity index (χ2n) is 4.76. The Morgan fingerprint density at radius 3 is 2.84 bits per heavy atom. The van der Waals surface area contributed by atoms with Gasteiger partial charge in [0, 0.05) is 31.1 Å². The van der Waals surface area contributed by atoms with Crippen molar-refractivity contribution in [2.75, 3.05) is 6.54 Å². The topological polar surface area (TPSA) is 63.5 Å². The van der Waals surface area contributed by atoms with Crippen molar-refractivity contribution in [1.29, 1.82) is 0 Å². The number of carbonyl (C=O) groups excluding carboxylic acids is 1. The minimum atomic E-state index is -0.847. The van der Waals surface area contributed by atoms with Gasteiger partial charge in [-0.15, -0.1) is 0 Å². The molecule has 1 amide bonds. The van der Waals surface area contributed by atoms with E-state index in [1.165, 1.54) is 12.1 Å². The van der Waals surface area contributed by atoms with Crippen LogP contribution < -0.4 is 0 Å². The molecule has 0 aliphatic carbocycles. The summed E-state index contributed by atoms with van der Waals surface area (Å²) in [5.41, 5.74) is -0.351. The molecule has 0 N–H and O–H groups in total. The smallest absolute Gasteiger partial charge is 0.305 e. The van der Waals surface area contributed by atoms with E-state index in [-0.39, 0.29) is 18.0 Å². The van der Waals surface area contributed by atoms with Crippen LogP contribution in [0.15, 0.2) is 18.2 Å². The zero-order valence-corrected chi connectivity index (χ0v) is 10.6. The van der Waals surface area contributed by atoms with E-state index in [2.05, 4.69) is 0 Å². The standard InChI is InChI=1S/C13H15FN2O3/c1-2-9-6-12(17)15(7-9)8-10-4-3-5-11(13(10)14)16(18)19/h3-5,9H,2,6-8H2,1H3. The second kappa shape index (κ2) is 5.34. The molecule has 1 unspecified atom stereocenters. The summed E-state index contributed by atoms with van der Waals surface area (Å²) in [7, 11) is 0. The summed E-state index contributed by atoms with van der Waals surface area (Å²) >= 11 is 0. The van der Waals surface area contributed by atoms with Crippen LogP contribution in [0, 0.1) is 21.8 Å². The summed E-state index contributed by atoms with van der Waals surface area (Å²) in [6, 6.07) is 4.04. The van der Waals surface area contributed by atoms with E-state index in [4.69, 9.17) is 0 Å². The number of hydrogen-bond donors (Lipinski definition) is 0. The van der Waals surface area contributed by atoms with Crippen LogP contribution >= 0.6 is 0 Å². The van der Waals surface area contributed by atoms with Crippen molar-refractivity contribution >= 4 is 11.6 Å². The third kappa shape index (κ3) is 2.72. The molecule has 2 rings (SSSR count). The van der Waals surface area contributed by atoms with Crippen molar-refractivity contribution in [2.24, 2.45) is 5.92 Å². The third-order valence-corrected chi connectivity index (χ3v) is 3.49. The van der Waals surface area contributed by atoms with Crippen molar-refractivity contribution in [3.8, 4) is 0 Å². The molecule has 0 spiro atoms. The Balaban J connectivity index is 2.18. The van der Waals surface area contributed by atoms with Crippen molar-refractivity contribution in [3.63, 3.8) is 0 Å². The van der Waals surface area contributed by atoms with Crippen LogP contribution in [-0.4, -0.2) is 22.3 Å². The van der Waals surface area contributed by atoms with Gasteiger partial charge in [-0.3, -0.25) is 14.9 Å². The molecule has 102 valence electrons. The molecule has 0 radical (unpaired) electrons. The highest BCUT2D eigenvalue weighted by Crippen LogP contribution is 2.25. The van der Waals surface area contributed by atoms with Gasteiger partial charge in [-0.1, -0.05) is 25.5 Å². The summed E-state index contributed by atoms with van der Waals surface area (Å²) in [6.45, 7) is 2.70. The van der Waals surface area contributed by atoms with Gasteiger partial charge in [0.25, 0.3) is 0 Å². The van der Waals surface area contributed by atoms with E-state index in [1.54, 1.807) is 4.90 Å². The number of nitrogens with zero attached hydrogens (tertiary/aromatic N) is 2. The highest BCUT2D eigenvalue weighted by atomic mass is 19.1. The molecule has 19 heavy (non-hydrogen) atoms. The lowest BCUT2D eigenvalue weighted by Gasteiger charge is -2.16. The molecular weight excluding hydrogens is 251 g/mol. The molecule has 0 bridgehead atoms. The van der Waals surface area contributed by atoms with Crippen LogP contribution in [0.1, 0.15) is 25.3 Å². The number of hydrogen-bond acceptors (Lipinski definition) is 3. The highest BCUT2D eigenvalue weighted by Gasteiger charge is 2.29. The first kappa shape index (κ1) is 13.5. The molecule has 1 aliphatic rings. The zero-order valence-electron chi connectivity index (χ0n) is 10.6. The van der Waals surface area contributed by atoms with Gasteiger partial charge in [-0.05, 0) is 5.92 Å². The Morgan fingerprint density at radius 2 is 2.26 bits per heavy atom. The fraction of sp³-hybridized carbons (Fsp3) is 0.462. The predicted octanol–water partition coefficient (Wildman–Crippen LogP) is 2.49.